The van der Waals surface area contributed by atoms with E-state index in [1.807, 2.05) is 35.1 Å². The second kappa shape index (κ2) is 6.07. The standard InChI is InChI=1S/C14H17BrClN3/c1-9(2)19-6-5-11(18-19)8-14(17)10-3-4-12(15)13(16)7-10/h3-7,9,14H,8,17H2,1-2H3. The molecule has 0 aliphatic carbocycles. The molecule has 0 radical (unpaired) electrons. The fourth-order valence-electron chi connectivity index (χ4n) is 1.86. The highest BCUT2D eigenvalue weighted by Gasteiger charge is 2.11. The first kappa shape index (κ1) is 14.6. The van der Waals surface area contributed by atoms with E-state index in [4.69, 9.17) is 17.3 Å². The Hall–Kier alpha value is -0.840. The lowest BCUT2D eigenvalue weighted by Crippen LogP contribution is -2.14. The molecule has 2 N–H and O–H groups in total. The molecule has 0 saturated carbocycles. The van der Waals surface area contributed by atoms with Crippen LogP contribution in [0.4, 0.5) is 0 Å². The summed E-state index contributed by atoms with van der Waals surface area (Å²) in [5.74, 6) is 0. The average molecular weight is 343 g/mol. The maximum absolute atomic E-state index is 6.21. The van der Waals surface area contributed by atoms with Crippen LogP contribution >= 0.6 is 27.5 Å². The third-order valence-electron chi connectivity index (χ3n) is 2.99. The van der Waals surface area contributed by atoms with E-state index in [0.29, 0.717) is 17.5 Å². The third-order valence-corrected chi connectivity index (χ3v) is 4.23. The van der Waals surface area contributed by atoms with Crippen LogP contribution in [-0.2, 0) is 6.42 Å². The Kier molecular flexibility index (Phi) is 4.66. The summed E-state index contributed by atoms with van der Waals surface area (Å²) in [5, 5.41) is 5.19. The highest BCUT2D eigenvalue weighted by Crippen LogP contribution is 2.26. The number of halogens is 2. The van der Waals surface area contributed by atoms with Crippen LogP contribution in [0, 0.1) is 0 Å². The van der Waals surface area contributed by atoms with Crippen molar-refractivity contribution >= 4 is 27.5 Å². The third kappa shape index (κ3) is 3.59. The first-order valence-corrected chi connectivity index (χ1v) is 7.39. The molecule has 0 amide bonds. The van der Waals surface area contributed by atoms with Gasteiger partial charge in [0, 0.05) is 29.2 Å². The molecule has 2 rings (SSSR count). The number of nitrogens with two attached hydrogens (primary N) is 1. The van der Waals surface area contributed by atoms with Crippen LogP contribution in [-0.4, -0.2) is 9.78 Å². The number of nitrogens with zero attached hydrogens (tertiary/aromatic N) is 2. The van der Waals surface area contributed by atoms with Gasteiger partial charge in [0.15, 0.2) is 0 Å². The summed E-state index contributed by atoms with van der Waals surface area (Å²) in [6.07, 6.45) is 2.69. The second-order valence-electron chi connectivity index (χ2n) is 4.86. The van der Waals surface area contributed by atoms with Crippen molar-refractivity contribution in [3.63, 3.8) is 0 Å². The van der Waals surface area contributed by atoms with E-state index in [1.165, 1.54) is 0 Å². The van der Waals surface area contributed by atoms with Gasteiger partial charge in [0.25, 0.3) is 0 Å². The Balaban J connectivity index is 2.11. The van der Waals surface area contributed by atoms with Crippen LogP contribution in [0.5, 0.6) is 0 Å². The van der Waals surface area contributed by atoms with Crippen LogP contribution < -0.4 is 5.73 Å². The summed E-state index contributed by atoms with van der Waals surface area (Å²) in [6, 6.07) is 8.09. The number of rotatable bonds is 4. The van der Waals surface area contributed by atoms with Crippen molar-refractivity contribution in [1.82, 2.24) is 9.78 Å². The zero-order chi connectivity index (χ0) is 14.0. The Morgan fingerprint density at radius 1 is 1.37 bits per heavy atom. The molecule has 1 atom stereocenters. The lowest BCUT2D eigenvalue weighted by molar-refractivity contribution is 0.522. The molecule has 1 unspecified atom stereocenters. The van der Waals surface area contributed by atoms with Crippen molar-refractivity contribution in [2.75, 3.05) is 0 Å². The molecule has 0 fully saturated rings. The molecule has 5 heteroatoms. The van der Waals surface area contributed by atoms with E-state index in [1.54, 1.807) is 0 Å². The maximum Gasteiger partial charge on any atom is 0.0643 e. The van der Waals surface area contributed by atoms with E-state index in [2.05, 4.69) is 34.9 Å². The molecule has 19 heavy (non-hydrogen) atoms. The fourth-order valence-corrected chi connectivity index (χ4v) is 2.30. The second-order valence-corrected chi connectivity index (χ2v) is 6.13. The van der Waals surface area contributed by atoms with Crippen molar-refractivity contribution in [3.05, 3.63) is 51.2 Å². The van der Waals surface area contributed by atoms with Gasteiger partial charge in [-0.3, -0.25) is 4.68 Å². The highest BCUT2D eigenvalue weighted by atomic mass is 79.9. The molecule has 0 bridgehead atoms. The Bertz CT molecular complexity index is 566. The Morgan fingerprint density at radius 2 is 2.11 bits per heavy atom. The zero-order valence-electron chi connectivity index (χ0n) is 11.0. The summed E-state index contributed by atoms with van der Waals surface area (Å²) in [5.41, 5.74) is 8.23. The normalized spacial score (nSPS) is 12.9. The van der Waals surface area contributed by atoms with Crippen LogP contribution in [0.3, 0.4) is 0 Å². The highest BCUT2D eigenvalue weighted by molar-refractivity contribution is 9.10. The van der Waals surface area contributed by atoms with E-state index in [9.17, 15) is 0 Å². The first-order valence-electron chi connectivity index (χ1n) is 6.22. The van der Waals surface area contributed by atoms with Gasteiger partial charge in [-0.25, -0.2) is 0 Å². The van der Waals surface area contributed by atoms with Gasteiger partial charge in [0.1, 0.15) is 0 Å². The molecular weight excluding hydrogens is 326 g/mol. The smallest absolute Gasteiger partial charge is 0.0643 e. The fraction of sp³-hybridized carbons (Fsp3) is 0.357. The average Bonchev–Trinajstić information content (AvgIpc) is 2.81. The maximum atomic E-state index is 6.21. The van der Waals surface area contributed by atoms with Gasteiger partial charge < -0.3 is 5.73 Å². The van der Waals surface area contributed by atoms with Crippen molar-refractivity contribution in [2.45, 2.75) is 32.4 Å². The number of aromatic nitrogens is 2. The minimum absolute atomic E-state index is 0.0962. The Labute approximate surface area is 126 Å². The zero-order valence-corrected chi connectivity index (χ0v) is 13.3. The number of hydrogen-bond acceptors (Lipinski definition) is 2. The Morgan fingerprint density at radius 3 is 2.68 bits per heavy atom. The monoisotopic (exact) mass is 341 g/mol. The largest absolute Gasteiger partial charge is 0.324 e. The summed E-state index contributed by atoms with van der Waals surface area (Å²) in [7, 11) is 0. The minimum atomic E-state index is -0.0962. The summed E-state index contributed by atoms with van der Waals surface area (Å²) in [4.78, 5) is 0. The molecule has 2 aromatic rings. The van der Waals surface area contributed by atoms with E-state index in [-0.39, 0.29) is 6.04 Å². The van der Waals surface area contributed by atoms with Gasteiger partial charge >= 0.3 is 0 Å². The minimum Gasteiger partial charge on any atom is -0.324 e. The lowest BCUT2D eigenvalue weighted by Gasteiger charge is -2.11. The molecule has 0 aliphatic rings. The molecule has 1 heterocycles. The predicted molar refractivity (Wildman–Crippen MR) is 82.4 cm³/mol. The molecule has 0 saturated heterocycles. The molecule has 0 spiro atoms. The van der Waals surface area contributed by atoms with Gasteiger partial charge in [-0.05, 0) is 53.5 Å². The lowest BCUT2D eigenvalue weighted by atomic mass is 10.0. The summed E-state index contributed by atoms with van der Waals surface area (Å²) < 4.78 is 2.82. The topological polar surface area (TPSA) is 43.8 Å². The van der Waals surface area contributed by atoms with Crippen molar-refractivity contribution in [1.29, 1.82) is 0 Å². The van der Waals surface area contributed by atoms with E-state index in [0.717, 1.165) is 15.7 Å². The first-order chi connectivity index (χ1) is 8.97. The van der Waals surface area contributed by atoms with Crippen LogP contribution in [0.25, 0.3) is 0 Å². The van der Waals surface area contributed by atoms with Crippen LogP contribution in [0.15, 0.2) is 34.9 Å². The van der Waals surface area contributed by atoms with Crippen molar-refractivity contribution < 1.29 is 0 Å². The number of benzene rings is 1. The number of hydrogen-bond donors (Lipinski definition) is 1. The van der Waals surface area contributed by atoms with Gasteiger partial charge in [0.2, 0.25) is 0 Å². The quantitative estimate of drug-likeness (QED) is 0.908. The molecule has 1 aromatic carbocycles. The predicted octanol–water partition coefficient (Wildman–Crippen LogP) is 4.12. The van der Waals surface area contributed by atoms with Gasteiger partial charge in [-0.1, -0.05) is 17.7 Å². The molecule has 3 nitrogen and oxygen atoms in total. The van der Waals surface area contributed by atoms with Gasteiger partial charge in [-0.15, -0.1) is 0 Å². The van der Waals surface area contributed by atoms with Gasteiger partial charge in [0.05, 0.1) is 10.7 Å². The van der Waals surface area contributed by atoms with Crippen LogP contribution in [0.2, 0.25) is 5.02 Å². The molecular formula is C14H17BrClN3. The van der Waals surface area contributed by atoms with Crippen LogP contribution in [0.1, 0.15) is 37.2 Å². The summed E-state index contributed by atoms with van der Waals surface area (Å²) >= 11 is 9.46. The van der Waals surface area contributed by atoms with Gasteiger partial charge in [-0.2, -0.15) is 5.10 Å². The SMILES string of the molecule is CC(C)n1ccc(CC(N)c2ccc(Br)c(Cl)c2)n1. The summed E-state index contributed by atoms with van der Waals surface area (Å²) in [6.45, 7) is 4.20. The van der Waals surface area contributed by atoms with E-state index >= 15 is 0 Å². The van der Waals surface area contributed by atoms with Crippen molar-refractivity contribution in [3.8, 4) is 0 Å². The molecule has 102 valence electrons. The molecule has 0 aliphatic heterocycles. The van der Waals surface area contributed by atoms with Crippen molar-refractivity contribution in [2.24, 2.45) is 5.73 Å². The van der Waals surface area contributed by atoms with E-state index < -0.39 is 0 Å². The molecule has 1 aromatic heterocycles.